The number of aromatic nitrogens is 1. The number of ether oxygens (including phenoxy) is 1. The summed E-state index contributed by atoms with van der Waals surface area (Å²) in [5, 5.41) is 3.98. The molecule has 1 amide bonds. The average molecular weight is 260 g/mol. The van der Waals surface area contributed by atoms with Crippen LogP contribution in [0.3, 0.4) is 0 Å². The van der Waals surface area contributed by atoms with Gasteiger partial charge in [0, 0.05) is 30.6 Å². The molecule has 19 heavy (non-hydrogen) atoms. The van der Waals surface area contributed by atoms with Crippen LogP contribution >= 0.6 is 0 Å². The molecule has 0 aliphatic carbocycles. The maximum Gasteiger partial charge on any atom is 0.221 e. The Morgan fingerprint density at radius 1 is 1.37 bits per heavy atom. The van der Waals surface area contributed by atoms with E-state index in [-0.39, 0.29) is 11.9 Å². The molecule has 0 radical (unpaired) electrons. The summed E-state index contributed by atoms with van der Waals surface area (Å²) >= 11 is 0. The Labute approximate surface area is 113 Å². The van der Waals surface area contributed by atoms with Crippen molar-refractivity contribution in [3.63, 3.8) is 0 Å². The first-order valence-electron chi connectivity index (χ1n) is 6.53. The Bertz CT molecular complexity index is 573. The smallest absolute Gasteiger partial charge is 0.221 e. The first-order valence-corrected chi connectivity index (χ1v) is 6.53. The van der Waals surface area contributed by atoms with E-state index in [0.717, 1.165) is 16.7 Å². The molecule has 0 unspecified atom stereocenters. The van der Waals surface area contributed by atoms with Gasteiger partial charge in [0.15, 0.2) is 0 Å². The number of aryl methyl sites for hydroxylation is 1. The molecule has 0 aliphatic rings. The van der Waals surface area contributed by atoms with Gasteiger partial charge in [-0.05, 0) is 32.0 Å². The van der Waals surface area contributed by atoms with E-state index in [2.05, 4.69) is 9.88 Å². The van der Waals surface area contributed by atoms with Crippen molar-refractivity contribution < 1.29 is 9.53 Å². The minimum Gasteiger partial charge on any atom is -0.496 e. The third kappa shape index (κ3) is 3.08. The number of hydrogen-bond donors (Lipinski definition) is 1. The molecular formula is C15H20N2O2. The largest absolute Gasteiger partial charge is 0.496 e. The minimum absolute atomic E-state index is 0.0831. The second-order valence-corrected chi connectivity index (χ2v) is 4.87. The third-order valence-electron chi connectivity index (χ3n) is 3.02. The highest BCUT2D eigenvalue weighted by Gasteiger charge is 2.08. The van der Waals surface area contributed by atoms with Gasteiger partial charge in [0.05, 0.1) is 12.6 Å². The van der Waals surface area contributed by atoms with Crippen molar-refractivity contribution in [1.29, 1.82) is 0 Å². The number of methoxy groups -OCH3 is 1. The number of rotatable bonds is 5. The fraction of sp³-hybridized carbons (Fsp3) is 0.400. The van der Waals surface area contributed by atoms with E-state index in [4.69, 9.17) is 4.74 Å². The Balaban J connectivity index is 2.12. The molecule has 4 heteroatoms. The zero-order valence-electron chi connectivity index (χ0n) is 11.6. The van der Waals surface area contributed by atoms with E-state index < -0.39 is 0 Å². The molecule has 0 atom stereocenters. The highest BCUT2D eigenvalue weighted by molar-refractivity contribution is 5.86. The van der Waals surface area contributed by atoms with Crippen molar-refractivity contribution in [2.75, 3.05) is 7.11 Å². The summed E-state index contributed by atoms with van der Waals surface area (Å²) in [6.45, 7) is 4.61. The Kier molecular flexibility index (Phi) is 4.10. The maximum absolute atomic E-state index is 11.7. The number of carbonyl (C=O) groups excluding carboxylic acids is 1. The summed E-state index contributed by atoms with van der Waals surface area (Å²) in [4.78, 5) is 11.7. The van der Waals surface area contributed by atoms with Gasteiger partial charge >= 0.3 is 0 Å². The molecule has 0 fully saturated rings. The summed E-state index contributed by atoms with van der Waals surface area (Å²) in [6.07, 6.45) is 2.48. The van der Waals surface area contributed by atoms with Gasteiger partial charge in [0.2, 0.25) is 5.91 Å². The number of hydrogen-bond acceptors (Lipinski definition) is 2. The van der Waals surface area contributed by atoms with Crippen LogP contribution in [0, 0.1) is 0 Å². The van der Waals surface area contributed by atoms with Crippen LogP contribution in [0.2, 0.25) is 0 Å². The number of nitrogens with one attached hydrogen (secondary N) is 1. The van der Waals surface area contributed by atoms with E-state index in [1.54, 1.807) is 7.11 Å². The molecule has 1 N–H and O–H groups in total. The lowest BCUT2D eigenvalue weighted by Crippen LogP contribution is -2.30. The molecule has 1 aromatic carbocycles. The summed E-state index contributed by atoms with van der Waals surface area (Å²) in [5.41, 5.74) is 1.09. The van der Waals surface area contributed by atoms with Gasteiger partial charge in [-0.25, -0.2) is 0 Å². The first-order chi connectivity index (χ1) is 9.11. The summed E-state index contributed by atoms with van der Waals surface area (Å²) in [7, 11) is 1.67. The quantitative estimate of drug-likeness (QED) is 0.898. The van der Waals surface area contributed by atoms with E-state index >= 15 is 0 Å². The van der Waals surface area contributed by atoms with Gasteiger partial charge in [-0.2, -0.15) is 0 Å². The van der Waals surface area contributed by atoms with Gasteiger partial charge in [0.25, 0.3) is 0 Å². The van der Waals surface area contributed by atoms with Gasteiger partial charge in [0.1, 0.15) is 5.75 Å². The zero-order valence-corrected chi connectivity index (χ0v) is 11.6. The van der Waals surface area contributed by atoms with E-state index in [0.29, 0.717) is 13.0 Å². The fourth-order valence-corrected chi connectivity index (χ4v) is 2.18. The molecule has 0 aliphatic heterocycles. The Hall–Kier alpha value is -1.97. The second-order valence-electron chi connectivity index (χ2n) is 4.87. The minimum atomic E-state index is 0.0831. The molecule has 4 nitrogen and oxygen atoms in total. The normalized spacial score (nSPS) is 10.9. The number of nitrogens with zero attached hydrogens (tertiary/aromatic N) is 1. The molecule has 2 rings (SSSR count). The molecule has 0 bridgehead atoms. The molecule has 102 valence electrons. The van der Waals surface area contributed by atoms with Gasteiger partial charge in [-0.15, -0.1) is 0 Å². The van der Waals surface area contributed by atoms with Crippen molar-refractivity contribution in [2.24, 2.45) is 0 Å². The molecule has 0 saturated carbocycles. The SMILES string of the molecule is COc1cccc2c1ccn2CCC(=O)NC(C)C. The van der Waals surface area contributed by atoms with Crippen LogP contribution in [-0.2, 0) is 11.3 Å². The van der Waals surface area contributed by atoms with Crippen LogP contribution in [0.4, 0.5) is 0 Å². The third-order valence-corrected chi connectivity index (χ3v) is 3.02. The Morgan fingerprint density at radius 3 is 2.84 bits per heavy atom. The standard InChI is InChI=1S/C15H20N2O2/c1-11(2)16-15(18)8-10-17-9-7-12-13(17)5-4-6-14(12)19-3/h4-7,9,11H,8,10H2,1-3H3,(H,16,18). The highest BCUT2D eigenvalue weighted by atomic mass is 16.5. The fourth-order valence-electron chi connectivity index (χ4n) is 2.18. The summed E-state index contributed by atoms with van der Waals surface area (Å²) in [5.74, 6) is 0.947. The molecule has 0 saturated heterocycles. The van der Waals surface area contributed by atoms with Crippen LogP contribution in [0.25, 0.3) is 10.9 Å². The molecule has 2 aromatic rings. The first kappa shape index (κ1) is 13.5. The zero-order chi connectivity index (χ0) is 13.8. The molecule has 0 spiro atoms. The number of fused-ring (bicyclic) bond motifs is 1. The van der Waals surface area contributed by atoms with Gasteiger partial charge in [-0.3, -0.25) is 4.79 Å². The molecule has 1 heterocycles. The van der Waals surface area contributed by atoms with Crippen LogP contribution in [0.5, 0.6) is 5.75 Å². The average Bonchev–Trinajstić information content (AvgIpc) is 2.78. The summed E-state index contributed by atoms with van der Waals surface area (Å²) in [6, 6.07) is 8.16. The predicted octanol–water partition coefficient (Wildman–Crippen LogP) is 2.56. The highest BCUT2D eigenvalue weighted by Crippen LogP contribution is 2.26. The van der Waals surface area contributed by atoms with Crippen molar-refractivity contribution in [2.45, 2.75) is 32.9 Å². The van der Waals surface area contributed by atoms with Crippen molar-refractivity contribution in [3.05, 3.63) is 30.5 Å². The summed E-state index contributed by atoms with van der Waals surface area (Å²) < 4.78 is 7.41. The van der Waals surface area contributed by atoms with E-state index in [1.165, 1.54) is 0 Å². The number of benzene rings is 1. The monoisotopic (exact) mass is 260 g/mol. The van der Waals surface area contributed by atoms with Crippen molar-refractivity contribution in [1.82, 2.24) is 9.88 Å². The van der Waals surface area contributed by atoms with Crippen LogP contribution in [-0.4, -0.2) is 23.6 Å². The van der Waals surface area contributed by atoms with Crippen LogP contribution < -0.4 is 10.1 Å². The van der Waals surface area contributed by atoms with Crippen LogP contribution in [0.1, 0.15) is 20.3 Å². The van der Waals surface area contributed by atoms with E-state index in [1.807, 2.05) is 44.3 Å². The second kappa shape index (κ2) is 5.78. The van der Waals surface area contributed by atoms with Crippen molar-refractivity contribution >= 4 is 16.8 Å². The Morgan fingerprint density at radius 2 is 2.16 bits per heavy atom. The van der Waals surface area contributed by atoms with Gasteiger partial charge in [-0.1, -0.05) is 6.07 Å². The lowest BCUT2D eigenvalue weighted by molar-refractivity contribution is -0.121. The molecular weight excluding hydrogens is 240 g/mol. The maximum atomic E-state index is 11.7. The predicted molar refractivity (Wildman–Crippen MR) is 76.4 cm³/mol. The lowest BCUT2D eigenvalue weighted by atomic mass is 10.2. The van der Waals surface area contributed by atoms with Crippen LogP contribution in [0.15, 0.2) is 30.5 Å². The number of carbonyl (C=O) groups is 1. The number of amides is 1. The topological polar surface area (TPSA) is 43.3 Å². The molecule has 1 aromatic heterocycles. The van der Waals surface area contributed by atoms with Crippen molar-refractivity contribution in [3.8, 4) is 5.75 Å². The van der Waals surface area contributed by atoms with Gasteiger partial charge < -0.3 is 14.6 Å². The van der Waals surface area contributed by atoms with E-state index in [9.17, 15) is 4.79 Å². The lowest BCUT2D eigenvalue weighted by Gasteiger charge is -2.09.